The van der Waals surface area contributed by atoms with Gasteiger partial charge in [0, 0.05) is 75.2 Å². The minimum Gasteiger partial charge on any atom is -0.509 e. The zero-order chi connectivity index (χ0) is 59.6. The number of fused-ring (bicyclic) bond motifs is 5. The molecule has 1 aliphatic heterocycles. The normalized spacial score (nSPS) is 15.9. The summed E-state index contributed by atoms with van der Waals surface area (Å²) in [4.78, 5) is 9.07. The predicted octanol–water partition coefficient (Wildman–Crippen LogP) is 20.1. The van der Waals surface area contributed by atoms with Crippen molar-refractivity contribution in [3.8, 4) is 50.7 Å². The van der Waals surface area contributed by atoms with Crippen molar-refractivity contribution >= 4 is 44.6 Å². The van der Waals surface area contributed by atoms with Crippen LogP contribution in [0.4, 0.5) is 22.7 Å². The fourth-order valence-electron chi connectivity index (χ4n) is 11.8. The van der Waals surface area contributed by atoms with E-state index in [1.807, 2.05) is 97.3 Å². The molecule has 8 aromatic carbocycles. The number of rotatable bonds is 10. The van der Waals surface area contributed by atoms with Crippen LogP contribution in [0, 0.1) is 24.7 Å². The monoisotopic (exact) mass is 1230 g/mol. The van der Waals surface area contributed by atoms with E-state index >= 15 is 0 Å². The van der Waals surface area contributed by atoms with Gasteiger partial charge in [-0.1, -0.05) is 198 Å². The summed E-state index contributed by atoms with van der Waals surface area (Å²) in [6.45, 7) is 28.2. The largest absolute Gasteiger partial charge is 0.509 e. The fraction of sp³-hybridized carbons (Fsp3) is 0.270. The first-order chi connectivity index (χ1) is 39.7. The number of nitrogens with zero attached hydrogens (tertiary/aromatic N) is 4. The SMILES string of the molecule is [2H]c1c([2H])c2c(c([2H])c1-c1cccc(-c3ccc(-c4ccc(C(C)(C)C)cc4C(C)(C)C)cc3)c1N1[CH-]N(c3[c-]c(Oc4[c-]c5c(cc4)c4ccccc4n5-c4cc(C([2H])([2H])C(C)C)ccn4)ccc3)c3ccccc31)C(C)(C)CCC2(C)C.[Pt]. The number of anilines is 4. The third kappa shape index (κ3) is 10.1. The van der Waals surface area contributed by atoms with Crippen LogP contribution in [-0.4, -0.2) is 9.55 Å². The van der Waals surface area contributed by atoms with Crippen LogP contribution < -0.4 is 14.5 Å². The van der Waals surface area contributed by atoms with Gasteiger partial charge in [-0.15, -0.1) is 48.1 Å². The predicted molar refractivity (Wildman–Crippen MR) is 332 cm³/mol. The van der Waals surface area contributed by atoms with Gasteiger partial charge in [-0.2, -0.15) is 12.1 Å². The smallest absolute Gasteiger partial charge is 0.135 e. The van der Waals surface area contributed by atoms with Crippen molar-refractivity contribution in [1.29, 1.82) is 0 Å². The number of hydrogen-bond donors (Lipinski definition) is 0. The first-order valence-corrected chi connectivity index (χ1v) is 27.9. The van der Waals surface area contributed by atoms with Crippen molar-refractivity contribution in [1.82, 2.24) is 9.55 Å². The van der Waals surface area contributed by atoms with E-state index in [9.17, 15) is 4.11 Å². The van der Waals surface area contributed by atoms with E-state index in [0.29, 0.717) is 40.0 Å². The van der Waals surface area contributed by atoms with Gasteiger partial charge in [-0.05, 0) is 133 Å². The molecule has 0 unspecified atom stereocenters. The maximum atomic E-state index is 10.2. The van der Waals surface area contributed by atoms with Crippen LogP contribution >= 0.6 is 0 Å². The second-order valence-electron chi connectivity index (χ2n) is 25.3. The third-order valence-electron chi connectivity index (χ3n) is 16.1. The number of pyridine rings is 1. The summed E-state index contributed by atoms with van der Waals surface area (Å²) >= 11 is 0. The quantitative estimate of drug-likeness (QED) is 0.128. The molecule has 5 nitrogen and oxygen atoms in total. The summed E-state index contributed by atoms with van der Waals surface area (Å²) in [6, 6.07) is 59.5. The van der Waals surface area contributed by atoms with Crippen molar-refractivity contribution in [2.45, 2.75) is 124 Å². The van der Waals surface area contributed by atoms with Crippen LogP contribution in [0.2, 0.25) is 0 Å². The van der Waals surface area contributed by atoms with Crippen LogP contribution in [0.25, 0.3) is 61.0 Å². The van der Waals surface area contributed by atoms with Crippen molar-refractivity contribution in [3.05, 3.63) is 223 Å². The molecule has 10 aromatic rings. The summed E-state index contributed by atoms with van der Waals surface area (Å²) in [5.41, 5.74) is 14.3. The van der Waals surface area contributed by atoms with E-state index in [2.05, 4.69) is 165 Å². The van der Waals surface area contributed by atoms with Gasteiger partial charge in [0.1, 0.15) is 5.82 Å². The topological polar surface area (TPSA) is 33.5 Å². The Bertz CT molecular complexity index is 4240. The number of aromatic nitrogens is 2. The zero-order valence-electron chi connectivity index (χ0n) is 53.1. The summed E-state index contributed by atoms with van der Waals surface area (Å²) in [7, 11) is 0. The minimum absolute atomic E-state index is 0. The first-order valence-electron chi connectivity index (χ1n) is 30.4. The molecule has 0 saturated carbocycles. The Morgan fingerprint density at radius 2 is 1.29 bits per heavy atom. The van der Waals surface area contributed by atoms with E-state index in [4.69, 9.17) is 12.5 Å². The van der Waals surface area contributed by atoms with Crippen molar-refractivity contribution in [2.24, 2.45) is 5.92 Å². The third-order valence-corrected chi connectivity index (χ3v) is 16.1. The molecule has 0 bridgehead atoms. The van der Waals surface area contributed by atoms with Gasteiger partial charge in [-0.25, -0.2) is 4.98 Å². The molecule has 3 heterocycles. The number of para-hydroxylation sites is 4. The Morgan fingerprint density at radius 1 is 0.637 bits per heavy atom. The van der Waals surface area contributed by atoms with Gasteiger partial charge in [0.15, 0.2) is 0 Å². The Balaban J connectivity index is 0.00000752. The minimum atomic E-state index is -1.56. The second kappa shape index (κ2) is 20.7. The summed E-state index contributed by atoms with van der Waals surface area (Å²) in [6.07, 6.45) is 1.86. The van der Waals surface area contributed by atoms with Crippen molar-refractivity contribution < 1.29 is 32.7 Å². The number of benzene rings is 8. The van der Waals surface area contributed by atoms with Crippen LogP contribution in [0.3, 0.4) is 0 Å². The van der Waals surface area contributed by atoms with Crippen molar-refractivity contribution in [2.75, 3.05) is 9.80 Å². The Kier molecular flexibility index (Phi) is 12.6. The molecule has 12 rings (SSSR count). The summed E-state index contributed by atoms with van der Waals surface area (Å²) in [5, 5.41) is 1.98. The van der Waals surface area contributed by atoms with Crippen LogP contribution in [0.5, 0.6) is 11.5 Å². The maximum absolute atomic E-state index is 10.2. The molecule has 0 amide bonds. The van der Waals surface area contributed by atoms with Gasteiger partial charge in [0.2, 0.25) is 0 Å². The summed E-state index contributed by atoms with van der Waals surface area (Å²) in [5.74, 6) is 1.30. The van der Waals surface area contributed by atoms with Crippen LogP contribution in [0.15, 0.2) is 176 Å². The molecule has 1 aliphatic carbocycles. The molecule has 80 heavy (non-hydrogen) atoms. The second-order valence-corrected chi connectivity index (χ2v) is 25.3. The number of hydrogen-bond acceptors (Lipinski definition) is 4. The number of ether oxygens (including phenoxy) is 1. The Labute approximate surface area is 497 Å². The molecule has 2 aromatic heterocycles. The van der Waals surface area contributed by atoms with Crippen LogP contribution in [0.1, 0.15) is 131 Å². The molecule has 0 N–H and O–H groups in total. The molecular formula is C74H73N4OPt-3. The molecule has 6 heteroatoms. The van der Waals surface area contributed by atoms with Gasteiger partial charge in [0.25, 0.3) is 0 Å². The molecule has 0 saturated heterocycles. The first kappa shape index (κ1) is 48.7. The molecule has 2 aliphatic rings. The standard InChI is InChI=1S/C74H73N4O.Pt/c1-48(2)41-49-37-40-75-69(42-49)78-65-24-14-13-21-60(65)61-35-33-56(46-68(61)78)79-55-20-17-19-54(45-55)76-47-77(67-26-16-15-25-66(67)76)70-58(22-18-23-59(70)52-31-36-62-64(43-52)74(11,12)39-38-73(62,9)10)51-29-27-50(28-30-51)57-34-32-53(71(3,4)5)44-63(57)72(6,7)8;/h13-37,40,42-44,47-48H,38-39,41H2,1-12H3;/q-3;/i31D,36D,41D2,43D;. The van der Waals surface area contributed by atoms with E-state index in [1.165, 1.54) is 16.7 Å². The van der Waals surface area contributed by atoms with E-state index in [-0.39, 0.29) is 60.7 Å². The van der Waals surface area contributed by atoms with Gasteiger partial charge in [0.05, 0.1) is 4.11 Å². The van der Waals surface area contributed by atoms with E-state index in [1.54, 1.807) is 12.3 Å². The maximum Gasteiger partial charge on any atom is 0.135 e. The van der Waals surface area contributed by atoms with Gasteiger partial charge >= 0.3 is 0 Å². The van der Waals surface area contributed by atoms with Gasteiger partial charge < -0.3 is 19.1 Å². The Hall–Kier alpha value is -7.20. The molecule has 0 spiro atoms. The van der Waals surface area contributed by atoms with Gasteiger partial charge in [-0.3, -0.25) is 0 Å². The molecule has 0 atom stereocenters. The Morgan fingerprint density at radius 3 is 2.00 bits per heavy atom. The average molecular weight is 1230 g/mol. The molecule has 408 valence electrons. The van der Waals surface area contributed by atoms with Crippen molar-refractivity contribution in [3.63, 3.8) is 0 Å². The average Bonchev–Trinajstić information content (AvgIpc) is 1.45. The molecular weight excluding hydrogens is 1160 g/mol. The van der Waals surface area contributed by atoms with E-state index in [0.717, 1.165) is 85.2 Å². The van der Waals surface area contributed by atoms with Crippen LogP contribution in [-0.2, 0) is 49.1 Å². The molecule has 0 radical (unpaired) electrons. The fourth-order valence-corrected chi connectivity index (χ4v) is 11.8. The zero-order valence-corrected chi connectivity index (χ0v) is 50.4. The summed E-state index contributed by atoms with van der Waals surface area (Å²) < 4.78 is 56.5. The van der Waals surface area contributed by atoms with E-state index < -0.39 is 6.37 Å². The molecule has 0 fully saturated rings.